The fraction of sp³-hybridized carbons (Fsp3) is 0. The minimum atomic E-state index is -5.11. The van der Waals surface area contributed by atoms with E-state index in [1.54, 1.807) is 0 Å². The van der Waals surface area contributed by atoms with E-state index in [1.807, 2.05) is 0 Å². The van der Waals surface area contributed by atoms with Crippen LogP contribution in [0.1, 0.15) is 10.4 Å². The molecule has 78 valence electrons. The van der Waals surface area contributed by atoms with E-state index < -0.39 is 24.1 Å². The number of hydrogen-bond donors (Lipinski definition) is 1. The van der Waals surface area contributed by atoms with Gasteiger partial charge in [0, 0.05) is 5.69 Å². The number of carbonyl (C=O) groups is 2. The van der Waals surface area contributed by atoms with E-state index in [9.17, 15) is 22.5 Å². The maximum absolute atomic E-state index is 12.3. The van der Waals surface area contributed by atoms with Crippen LogP contribution in [-0.2, 0) is 4.79 Å². The maximum atomic E-state index is 12.3. The van der Waals surface area contributed by atoms with Crippen molar-refractivity contribution < 1.29 is 73.9 Å². The number of carbonyl (C=O) groups excluding carboxylic acids is 2. The van der Waals surface area contributed by atoms with Gasteiger partial charge in [-0.05, 0) is 0 Å². The van der Waals surface area contributed by atoms with Gasteiger partial charge in [-0.15, -0.1) is 5.46 Å². The number of rotatable bonds is 1. The Morgan fingerprint density at radius 3 is 2.31 bits per heavy atom. The van der Waals surface area contributed by atoms with Gasteiger partial charge >= 0.3 is 58.4 Å². The first-order chi connectivity index (χ1) is 6.89. The summed E-state index contributed by atoms with van der Waals surface area (Å²) in [5.41, 5.74) is -0.908. The molecule has 0 aromatic heterocycles. The Hall–Kier alpha value is -0.149. The fourth-order valence-electron chi connectivity index (χ4n) is 1.37. The molecule has 0 bridgehead atoms. The Bertz CT molecular complexity index is 475. The number of anilines is 1. The molecule has 1 N–H and O–H groups in total. The first-order valence-corrected chi connectivity index (χ1v) is 4.09. The average Bonchev–Trinajstić information content (AvgIpc) is 2.41. The van der Waals surface area contributed by atoms with Crippen molar-refractivity contribution in [2.45, 2.75) is 0 Å². The Morgan fingerprint density at radius 1 is 1.12 bits per heavy atom. The molecule has 0 radical (unpaired) electrons. The first-order valence-electron chi connectivity index (χ1n) is 4.09. The van der Waals surface area contributed by atoms with Gasteiger partial charge in [-0.1, -0.05) is 18.2 Å². The van der Waals surface area contributed by atoms with Crippen molar-refractivity contribution >= 4 is 29.8 Å². The standard InChI is InChI=1S/C8H4BF3NO2.K/c10-9(11,12)4-1-2-5-6(3-4)13-8(15)7(5)14;/h1-3H,(H,13,14,15);/q-1;+1. The van der Waals surface area contributed by atoms with Crippen LogP contribution in [0.15, 0.2) is 18.2 Å². The number of ketones is 1. The molecule has 0 saturated heterocycles. The molecule has 1 aromatic rings. The summed E-state index contributed by atoms with van der Waals surface area (Å²) < 4.78 is 36.9. The molecule has 0 fully saturated rings. The van der Waals surface area contributed by atoms with Crippen LogP contribution < -0.4 is 62.2 Å². The van der Waals surface area contributed by atoms with Crippen LogP contribution in [0.3, 0.4) is 0 Å². The summed E-state index contributed by atoms with van der Waals surface area (Å²) in [6.07, 6.45) is 0. The second-order valence-corrected chi connectivity index (χ2v) is 3.16. The summed E-state index contributed by atoms with van der Waals surface area (Å²) in [5, 5.41) is 2.08. The fourth-order valence-corrected chi connectivity index (χ4v) is 1.37. The van der Waals surface area contributed by atoms with Gasteiger partial charge in [0.25, 0.3) is 11.7 Å². The van der Waals surface area contributed by atoms with Crippen LogP contribution in [0.2, 0.25) is 0 Å². The third kappa shape index (κ3) is 2.40. The molecule has 0 saturated carbocycles. The molecular weight excluding hydrogens is 249 g/mol. The molecule has 3 nitrogen and oxygen atoms in total. The minimum Gasteiger partial charge on any atom is -0.445 e. The smallest absolute Gasteiger partial charge is 0.445 e. The van der Waals surface area contributed by atoms with Crippen molar-refractivity contribution in [3.8, 4) is 0 Å². The Morgan fingerprint density at radius 2 is 1.75 bits per heavy atom. The molecule has 0 spiro atoms. The second kappa shape index (κ2) is 4.61. The van der Waals surface area contributed by atoms with E-state index in [1.165, 1.54) is 0 Å². The number of nitrogens with one attached hydrogen (secondary N) is 1. The topological polar surface area (TPSA) is 46.2 Å². The zero-order chi connectivity index (χ0) is 11.2. The quantitative estimate of drug-likeness (QED) is 0.459. The molecule has 1 aromatic carbocycles. The van der Waals surface area contributed by atoms with E-state index >= 15 is 0 Å². The van der Waals surface area contributed by atoms with Gasteiger partial charge in [-0.25, -0.2) is 0 Å². The number of amides is 1. The summed E-state index contributed by atoms with van der Waals surface area (Å²) in [5.74, 6) is -1.69. The number of hydrogen-bond acceptors (Lipinski definition) is 2. The average molecular weight is 253 g/mol. The van der Waals surface area contributed by atoms with Crippen LogP contribution in [0.25, 0.3) is 0 Å². The third-order valence-corrected chi connectivity index (χ3v) is 2.12. The third-order valence-electron chi connectivity index (χ3n) is 2.12. The van der Waals surface area contributed by atoms with Gasteiger partial charge in [-0.2, -0.15) is 0 Å². The van der Waals surface area contributed by atoms with Crippen molar-refractivity contribution in [2.24, 2.45) is 0 Å². The molecule has 0 unspecified atom stereocenters. The summed E-state index contributed by atoms with van der Waals surface area (Å²) in [7, 11) is 0. The van der Waals surface area contributed by atoms with Gasteiger partial charge in [0.05, 0.1) is 5.56 Å². The van der Waals surface area contributed by atoms with Crippen LogP contribution in [0, 0.1) is 0 Å². The molecule has 1 aliphatic rings. The summed E-state index contributed by atoms with van der Waals surface area (Å²) >= 11 is 0. The van der Waals surface area contributed by atoms with Crippen molar-refractivity contribution in [3.05, 3.63) is 23.8 Å². The van der Waals surface area contributed by atoms with Crippen molar-refractivity contribution in [1.82, 2.24) is 0 Å². The van der Waals surface area contributed by atoms with Crippen LogP contribution in [0.5, 0.6) is 0 Å². The molecule has 0 atom stereocenters. The van der Waals surface area contributed by atoms with Crippen LogP contribution >= 0.6 is 0 Å². The van der Waals surface area contributed by atoms with Gasteiger partial charge in [-0.3, -0.25) is 9.59 Å². The van der Waals surface area contributed by atoms with Crippen molar-refractivity contribution in [1.29, 1.82) is 0 Å². The first kappa shape index (κ1) is 13.9. The Labute approximate surface area is 131 Å². The van der Waals surface area contributed by atoms with Gasteiger partial charge < -0.3 is 18.3 Å². The van der Waals surface area contributed by atoms with Gasteiger partial charge in [0.15, 0.2) is 0 Å². The van der Waals surface area contributed by atoms with E-state index in [2.05, 4.69) is 5.32 Å². The van der Waals surface area contributed by atoms with Crippen molar-refractivity contribution in [3.63, 3.8) is 0 Å². The van der Waals surface area contributed by atoms with Crippen molar-refractivity contribution in [2.75, 3.05) is 5.32 Å². The molecule has 0 aliphatic carbocycles. The predicted molar refractivity (Wildman–Crippen MR) is 48.1 cm³/mol. The Kier molecular flexibility index (Phi) is 4.01. The van der Waals surface area contributed by atoms with Gasteiger partial charge in [0.2, 0.25) is 0 Å². The molecule has 1 heterocycles. The molecule has 16 heavy (non-hydrogen) atoms. The minimum absolute atomic E-state index is 0. The number of halogens is 3. The van der Waals surface area contributed by atoms with Gasteiger partial charge in [0.1, 0.15) is 0 Å². The predicted octanol–water partition coefficient (Wildman–Crippen LogP) is -2.12. The number of Topliss-reactive ketones (excluding diaryl/α,β-unsaturated/α-hetero) is 1. The SMILES string of the molecule is O=C1Nc2cc([B-](F)(F)F)ccc2C1=O.[K+]. The molecule has 8 heteroatoms. The van der Waals surface area contributed by atoms with Crippen LogP contribution in [0.4, 0.5) is 18.6 Å². The zero-order valence-electron chi connectivity index (χ0n) is 8.26. The van der Waals surface area contributed by atoms with E-state index in [0.29, 0.717) is 0 Å². The maximum Gasteiger partial charge on any atom is 1.00 e. The summed E-state index contributed by atoms with van der Waals surface area (Å²) in [4.78, 5) is 21.9. The van der Waals surface area contributed by atoms with E-state index in [0.717, 1.165) is 18.2 Å². The second-order valence-electron chi connectivity index (χ2n) is 3.16. The molecule has 1 aliphatic heterocycles. The summed E-state index contributed by atoms with van der Waals surface area (Å²) in [6.45, 7) is -5.11. The number of benzene rings is 1. The van der Waals surface area contributed by atoms with Crippen LogP contribution in [-0.4, -0.2) is 18.7 Å². The Balaban J connectivity index is 0.00000128. The summed E-state index contributed by atoms with van der Waals surface area (Å²) in [6, 6.07) is 2.59. The van der Waals surface area contributed by atoms with E-state index in [-0.39, 0.29) is 62.6 Å². The molecule has 1 amide bonds. The monoisotopic (exact) mass is 253 g/mol. The normalized spacial score (nSPS) is 14.2. The molecule has 2 rings (SSSR count). The largest absolute Gasteiger partial charge is 1.00 e. The molecular formula is C8H4BF3KNO2. The number of fused-ring (bicyclic) bond motifs is 1. The van der Waals surface area contributed by atoms with E-state index in [4.69, 9.17) is 0 Å². The zero-order valence-corrected chi connectivity index (χ0v) is 11.4.